The van der Waals surface area contributed by atoms with Crippen molar-refractivity contribution in [1.29, 1.82) is 0 Å². The molecule has 0 aliphatic heterocycles. The molecule has 3 aromatic rings. The van der Waals surface area contributed by atoms with Crippen LogP contribution in [-0.4, -0.2) is 21.0 Å². The molecule has 0 radical (unpaired) electrons. The zero-order valence-corrected chi connectivity index (χ0v) is 15.8. The third-order valence-electron chi connectivity index (χ3n) is 4.53. The van der Waals surface area contributed by atoms with E-state index in [1.165, 1.54) is 6.20 Å². The molecule has 2 N–H and O–H groups in total. The number of H-pyrrole nitrogens is 1. The van der Waals surface area contributed by atoms with E-state index in [0.29, 0.717) is 17.5 Å². The number of aromatic amines is 1. The highest BCUT2D eigenvalue weighted by Gasteiger charge is 2.25. The van der Waals surface area contributed by atoms with Crippen molar-refractivity contribution in [3.05, 3.63) is 82.1 Å². The van der Waals surface area contributed by atoms with Gasteiger partial charge < -0.3 is 5.32 Å². The van der Waals surface area contributed by atoms with Gasteiger partial charge in [-0.1, -0.05) is 24.6 Å². The molecule has 2 heterocycles. The Balaban J connectivity index is 1.95. The van der Waals surface area contributed by atoms with Gasteiger partial charge in [0.05, 0.1) is 16.8 Å². The van der Waals surface area contributed by atoms with Crippen LogP contribution in [0.2, 0.25) is 5.02 Å². The van der Waals surface area contributed by atoms with Gasteiger partial charge in [-0.05, 0) is 31.5 Å². The van der Waals surface area contributed by atoms with Gasteiger partial charge in [-0.15, -0.1) is 0 Å². The van der Waals surface area contributed by atoms with E-state index in [1.807, 2.05) is 13.8 Å². The standard InChI is InChI=1S/C20H20ClFN4O/c1-3-17(26-12(2)14-10-24-25-11-14)15-6-7-16(21)18(19(15)22)20(27)13-5-4-8-23-9-13/h4-12,17,26H,3H2,1-2H3,(H,24,25)/t12-,17+/m0/s1. The Hall–Kier alpha value is -2.57. The maximum Gasteiger partial charge on any atom is 0.199 e. The second kappa shape index (κ2) is 8.41. The number of carbonyl (C=O) groups is 1. The summed E-state index contributed by atoms with van der Waals surface area (Å²) in [6.45, 7) is 3.93. The Kier molecular flexibility index (Phi) is 5.98. The molecule has 0 saturated heterocycles. The van der Waals surface area contributed by atoms with Gasteiger partial charge in [-0.3, -0.25) is 14.9 Å². The van der Waals surface area contributed by atoms with Crippen LogP contribution in [0, 0.1) is 5.82 Å². The fourth-order valence-corrected chi connectivity index (χ4v) is 3.24. The molecular weight excluding hydrogens is 367 g/mol. The van der Waals surface area contributed by atoms with Gasteiger partial charge in [0.1, 0.15) is 5.82 Å². The number of nitrogens with one attached hydrogen (secondary N) is 2. The van der Waals surface area contributed by atoms with Crippen LogP contribution in [0.4, 0.5) is 4.39 Å². The number of hydrogen-bond acceptors (Lipinski definition) is 4. The first-order valence-electron chi connectivity index (χ1n) is 8.70. The second-order valence-electron chi connectivity index (χ2n) is 6.28. The van der Waals surface area contributed by atoms with E-state index in [0.717, 1.165) is 5.56 Å². The lowest BCUT2D eigenvalue weighted by atomic mass is 9.96. The zero-order chi connectivity index (χ0) is 19.4. The van der Waals surface area contributed by atoms with E-state index in [1.54, 1.807) is 42.9 Å². The van der Waals surface area contributed by atoms with Crippen molar-refractivity contribution in [2.75, 3.05) is 0 Å². The average Bonchev–Trinajstić information content (AvgIpc) is 3.22. The molecule has 0 amide bonds. The van der Waals surface area contributed by atoms with Crippen molar-refractivity contribution in [2.24, 2.45) is 0 Å². The molecule has 0 bridgehead atoms. The van der Waals surface area contributed by atoms with Crippen LogP contribution in [0.25, 0.3) is 0 Å². The topological polar surface area (TPSA) is 70.7 Å². The number of benzene rings is 1. The van der Waals surface area contributed by atoms with Crippen LogP contribution in [0.3, 0.4) is 0 Å². The van der Waals surface area contributed by atoms with Crippen molar-refractivity contribution >= 4 is 17.4 Å². The average molecular weight is 387 g/mol. The smallest absolute Gasteiger partial charge is 0.199 e. The summed E-state index contributed by atoms with van der Waals surface area (Å²) in [7, 11) is 0. The number of halogens is 2. The number of nitrogens with zero attached hydrogens (tertiary/aromatic N) is 2. The molecule has 1 aromatic carbocycles. The minimum Gasteiger partial charge on any atom is -0.303 e. The molecule has 3 rings (SSSR count). The molecule has 0 aliphatic rings. The maximum absolute atomic E-state index is 15.3. The Morgan fingerprint density at radius 3 is 2.78 bits per heavy atom. The summed E-state index contributed by atoms with van der Waals surface area (Å²) in [6.07, 6.45) is 7.11. The minimum atomic E-state index is -0.602. The summed E-state index contributed by atoms with van der Waals surface area (Å²) in [5.41, 5.74) is 1.54. The van der Waals surface area contributed by atoms with Crippen molar-refractivity contribution in [3.63, 3.8) is 0 Å². The van der Waals surface area contributed by atoms with Crippen LogP contribution in [0.5, 0.6) is 0 Å². The van der Waals surface area contributed by atoms with Gasteiger partial charge >= 0.3 is 0 Å². The van der Waals surface area contributed by atoms with Gasteiger partial charge in [0, 0.05) is 47.4 Å². The third kappa shape index (κ3) is 4.07. The Morgan fingerprint density at radius 2 is 2.15 bits per heavy atom. The van der Waals surface area contributed by atoms with Gasteiger partial charge in [-0.2, -0.15) is 5.10 Å². The second-order valence-corrected chi connectivity index (χ2v) is 6.68. The normalized spacial score (nSPS) is 13.3. The molecule has 140 valence electrons. The third-order valence-corrected chi connectivity index (χ3v) is 4.84. The summed E-state index contributed by atoms with van der Waals surface area (Å²) >= 11 is 6.17. The van der Waals surface area contributed by atoms with Crippen molar-refractivity contribution < 1.29 is 9.18 Å². The lowest BCUT2D eigenvalue weighted by molar-refractivity contribution is 0.103. The monoisotopic (exact) mass is 386 g/mol. The van der Waals surface area contributed by atoms with Gasteiger partial charge in [0.25, 0.3) is 0 Å². The molecule has 5 nitrogen and oxygen atoms in total. The Labute approximate surface area is 162 Å². The van der Waals surface area contributed by atoms with Crippen LogP contribution in [0.15, 0.2) is 49.1 Å². The van der Waals surface area contributed by atoms with E-state index in [4.69, 9.17) is 11.6 Å². The predicted octanol–water partition coefficient (Wildman–Crippen LogP) is 4.63. The largest absolute Gasteiger partial charge is 0.303 e. The molecule has 0 saturated carbocycles. The van der Waals surface area contributed by atoms with E-state index >= 15 is 4.39 Å². The van der Waals surface area contributed by atoms with Crippen LogP contribution >= 0.6 is 11.6 Å². The maximum atomic E-state index is 15.3. The Morgan fingerprint density at radius 1 is 1.33 bits per heavy atom. The molecule has 0 fully saturated rings. The van der Waals surface area contributed by atoms with Crippen LogP contribution < -0.4 is 5.32 Å². The number of hydrogen-bond donors (Lipinski definition) is 2. The summed E-state index contributed by atoms with van der Waals surface area (Å²) in [5, 5.41) is 10.2. The number of pyridine rings is 1. The molecular formula is C20H20ClFN4O. The molecule has 0 aliphatic carbocycles. The molecule has 2 aromatic heterocycles. The van der Waals surface area contributed by atoms with Crippen LogP contribution in [-0.2, 0) is 0 Å². The van der Waals surface area contributed by atoms with E-state index < -0.39 is 11.6 Å². The quantitative estimate of drug-likeness (QED) is 0.581. The number of rotatable bonds is 7. The predicted molar refractivity (Wildman–Crippen MR) is 102 cm³/mol. The van der Waals surface area contributed by atoms with Gasteiger partial charge in [0.2, 0.25) is 0 Å². The SMILES string of the molecule is CC[C@@H](N[C@@H](C)c1cn[nH]c1)c1ccc(Cl)c(C(=O)c2cccnc2)c1F. The highest BCUT2D eigenvalue weighted by molar-refractivity contribution is 6.35. The number of carbonyl (C=O) groups excluding carboxylic acids is 1. The molecule has 0 unspecified atom stereocenters. The van der Waals surface area contributed by atoms with Gasteiger partial charge in [-0.25, -0.2) is 4.39 Å². The lowest BCUT2D eigenvalue weighted by Gasteiger charge is -2.23. The fraction of sp³-hybridized carbons (Fsp3) is 0.250. The molecule has 2 atom stereocenters. The van der Waals surface area contributed by atoms with E-state index in [9.17, 15) is 4.79 Å². The first-order valence-corrected chi connectivity index (χ1v) is 9.08. The highest BCUT2D eigenvalue weighted by Crippen LogP contribution is 2.30. The van der Waals surface area contributed by atoms with Crippen LogP contribution in [0.1, 0.15) is 59.4 Å². The zero-order valence-electron chi connectivity index (χ0n) is 15.0. The van der Waals surface area contributed by atoms with E-state index in [-0.39, 0.29) is 22.7 Å². The molecule has 27 heavy (non-hydrogen) atoms. The van der Waals surface area contributed by atoms with Crippen molar-refractivity contribution in [1.82, 2.24) is 20.5 Å². The van der Waals surface area contributed by atoms with Gasteiger partial charge in [0.15, 0.2) is 5.78 Å². The summed E-state index contributed by atoms with van der Waals surface area (Å²) in [6, 6.07) is 6.09. The summed E-state index contributed by atoms with van der Waals surface area (Å²) in [4.78, 5) is 16.7. The fourth-order valence-electron chi connectivity index (χ4n) is 3.01. The highest BCUT2D eigenvalue weighted by atomic mass is 35.5. The molecule has 7 heteroatoms. The summed E-state index contributed by atoms with van der Waals surface area (Å²) in [5.74, 6) is -1.08. The molecule has 0 spiro atoms. The lowest BCUT2D eigenvalue weighted by Crippen LogP contribution is -2.25. The minimum absolute atomic E-state index is 0.0405. The number of ketones is 1. The van der Waals surface area contributed by atoms with E-state index in [2.05, 4.69) is 20.5 Å². The number of aromatic nitrogens is 3. The first kappa shape index (κ1) is 19.2. The first-order chi connectivity index (χ1) is 13.0. The van der Waals surface area contributed by atoms with Crippen molar-refractivity contribution in [2.45, 2.75) is 32.4 Å². The summed E-state index contributed by atoms with van der Waals surface area (Å²) < 4.78 is 15.3. The Bertz CT molecular complexity index is 915. The van der Waals surface area contributed by atoms with Crippen molar-refractivity contribution in [3.8, 4) is 0 Å².